The highest BCUT2D eigenvalue weighted by Gasteiger charge is 2.35. The van der Waals surface area contributed by atoms with Crippen molar-refractivity contribution >= 4 is 5.91 Å². The third-order valence-electron chi connectivity index (χ3n) is 4.48. The third-order valence-corrected chi connectivity index (χ3v) is 4.48. The van der Waals surface area contributed by atoms with Crippen molar-refractivity contribution in [2.45, 2.75) is 38.0 Å². The molecule has 0 saturated heterocycles. The van der Waals surface area contributed by atoms with E-state index >= 15 is 0 Å². The quantitative estimate of drug-likeness (QED) is 0.684. The van der Waals surface area contributed by atoms with Gasteiger partial charge >= 0.3 is 0 Å². The van der Waals surface area contributed by atoms with Crippen molar-refractivity contribution in [2.24, 2.45) is 0 Å². The summed E-state index contributed by atoms with van der Waals surface area (Å²) >= 11 is 0. The van der Waals surface area contributed by atoms with Crippen molar-refractivity contribution < 1.29 is 19.7 Å². The molecule has 3 rings (SSSR count). The van der Waals surface area contributed by atoms with E-state index in [2.05, 4.69) is 15.5 Å². The predicted octanol–water partition coefficient (Wildman–Crippen LogP) is 0.798. The Morgan fingerprint density at radius 2 is 2.04 bits per heavy atom. The molecule has 0 spiro atoms. The van der Waals surface area contributed by atoms with Crippen molar-refractivity contribution in [1.82, 2.24) is 20.1 Å². The molecule has 1 fully saturated rings. The molecule has 8 heteroatoms. The first kappa shape index (κ1) is 17.4. The zero-order chi connectivity index (χ0) is 17.8. The number of aromatic hydroxyl groups is 1. The Labute approximate surface area is 145 Å². The summed E-state index contributed by atoms with van der Waals surface area (Å²) in [4.78, 5) is 12.2. The maximum absolute atomic E-state index is 12.2. The molecule has 1 aromatic heterocycles. The number of carbonyl (C=O) groups is 1. The number of nitrogens with zero attached hydrogens (tertiary/aromatic N) is 3. The van der Waals surface area contributed by atoms with Crippen molar-refractivity contribution in [2.75, 3.05) is 13.7 Å². The number of carbonyl (C=O) groups excluding carboxylic acids is 1. The van der Waals surface area contributed by atoms with Crippen LogP contribution in [0.15, 0.2) is 24.3 Å². The van der Waals surface area contributed by atoms with Gasteiger partial charge in [-0.3, -0.25) is 4.79 Å². The number of phenols is 1. The van der Waals surface area contributed by atoms with E-state index < -0.39 is 0 Å². The second kappa shape index (κ2) is 7.62. The van der Waals surface area contributed by atoms with Gasteiger partial charge in [-0.05, 0) is 37.1 Å². The predicted molar refractivity (Wildman–Crippen MR) is 89.2 cm³/mol. The molecule has 2 aromatic rings. The average Bonchev–Trinajstić information content (AvgIpc) is 2.98. The summed E-state index contributed by atoms with van der Waals surface area (Å²) in [6.45, 7) is 0.950. The maximum Gasteiger partial charge on any atom is 0.251 e. The van der Waals surface area contributed by atoms with Crippen LogP contribution in [-0.2, 0) is 17.9 Å². The molecular formula is C17H22N4O4. The maximum atomic E-state index is 12.2. The largest absolute Gasteiger partial charge is 0.508 e. The second-order valence-corrected chi connectivity index (χ2v) is 6.16. The van der Waals surface area contributed by atoms with Gasteiger partial charge in [0.1, 0.15) is 18.2 Å². The fourth-order valence-corrected chi connectivity index (χ4v) is 3.02. The van der Waals surface area contributed by atoms with Gasteiger partial charge in [0.15, 0.2) is 5.82 Å². The first-order valence-electron chi connectivity index (χ1n) is 8.24. The van der Waals surface area contributed by atoms with E-state index in [0.29, 0.717) is 24.5 Å². The summed E-state index contributed by atoms with van der Waals surface area (Å²) < 4.78 is 6.99. The zero-order valence-electron chi connectivity index (χ0n) is 14.1. The lowest BCUT2D eigenvalue weighted by Crippen LogP contribution is -2.44. The van der Waals surface area contributed by atoms with Gasteiger partial charge in [-0.25, -0.2) is 0 Å². The SMILES string of the molecule is COCCn1c(CO)nnc1C1CC(NC(=O)c2ccc(O)cc2)C1. The first-order chi connectivity index (χ1) is 12.1. The van der Waals surface area contributed by atoms with Crippen LogP contribution in [0.3, 0.4) is 0 Å². The lowest BCUT2D eigenvalue weighted by molar-refractivity contribution is 0.0906. The van der Waals surface area contributed by atoms with Gasteiger partial charge in [-0.1, -0.05) is 0 Å². The number of amides is 1. The standard InChI is InChI=1S/C17H22N4O4/c1-25-7-6-21-15(10-22)19-20-16(21)12-8-13(9-12)18-17(24)11-2-4-14(23)5-3-11/h2-5,12-13,22-23H,6-10H2,1H3,(H,18,24). The molecular weight excluding hydrogens is 324 g/mol. The van der Waals surface area contributed by atoms with E-state index in [4.69, 9.17) is 4.74 Å². The van der Waals surface area contributed by atoms with Crippen molar-refractivity contribution in [3.05, 3.63) is 41.5 Å². The van der Waals surface area contributed by atoms with Crippen LogP contribution in [0.25, 0.3) is 0 Å². The highest BCUT2D eigenvalue weighted by molar-refractivity contribution is 5.94. The van der Waals surface area contributed by atoms with Gasteiger partial charge in [0.05, 0.1) is 6.61 Å². The number of aromatic nitrogens is 3. The van der Waals surface area contributed by atoms with Crippen molar-refractivity contribution in [3.63, 3.8) is 0 Å². The molecule has 8 nitrogen and oxygen atoms in total. The number of aliphatic hydroxyl groups is 1. The Bertz CT molecular complexity index is 723. The fraction of sp³-hybridized carbons (Fsp3) is 0.471. The molecule has 1 aromatic carbocycles. The highest BCUT2D eigenvalue weighted by atomic mass is 16.5. The van der Waals surface area contributed by atoms with Crippen LogP contribution in [0.4, 0.5) is 0 Å². The Hall–Kier alpha value is -2.45. The minimum absolute atomic E-state index is 0.0801. The lowest BCUT2D eigenvalue weighted by atomic mass is 9.79. The Balaban J connectivity index is 1.58. The molecule has 25 heavy (non-hydrogen) atoms. The minimum atomic E-state index is -0.162. The molecule has 1 aliphatic rings. The molecule has 0 radical (unpaired) electrons. The Morgan fingerprint density at radius 3 is 2.68 bits per heavy atom. The number of hydrogen-bond acceptors (Lipinski definition) is 6. The van der Waals surface area contributed by atoms with E-state index in [-0.39, 0.29) is 30.2 Å². The molecule has 0 aliphatic heterocycles. The summed E-state index contributed by atoms with van der Waals surface area (Å²) in [5, 5.41) is 29.9. The Morgan fingerprint density at radius 1 is 1.32 bits per heavy atom. The summed E-state index contributed by atoms with van der Waals surface area (Å²) in [5.41, 5.74) is 0.520. The molecule has 1 aliphatic carbocycles. The van der Waals surface area contributed by atoms with Gasteiger partial charge in [0.25, 0.3) is 5.91 Å². The lowest BCUT2D eigenvalue weighted by Gasteiger charge is -2.35. The number of phenolic OH excluding ortho intramolecular Hbond substituents is 1. The minimum Gasteiger partial charge on any atom is -0.508 e. The van der Waals surface area contributed by atoms with Crippen molar-refractivity contribution in [1.29, 1.82) is 0 Å². The second-order valence-electron chi connectivity index (χ2n) is 6.16. The molecule has 0 atom stereocenters. The normalized spacial score (nSPS) is 19.4. The molecule has 134 valence electrons. The summed E-state index contributed by atoms with van der Waals surface area (Å²) in [6.07, 6.45) is 1.56. The molecule has 1 heterocycles. The van der Waals surface area contributed by atoms with Crippen LogP contribution in [0.1, 0.15) is 40.8 Å². The topological polar surface area (TPSA) is 110 Å². The Kier molecular flexibility index (Phi) is 5.30. The molecule has 3 N–H and O–H groups in total. The van der Waals surface area contributed by atoms with E-state index in [9.17, 15) is 15.0 Å². The van der Waals surface area contributed by atoms with Crippen LogP contribution < -0.4 is 5.32 Å². The van der Waals surface area contributed by atoms with Gasteiger partial charge < -0.3 is 24.8 Å². The molecule has 0 bridgehead atoms. The highest BCUT2D eigenvalue weighted by Crippen LogP contribution is 2.36. The first-order valence-corrected chi connectivity index (χ1v) is 8.24. The summed E-state index contributed by atoms with van der Waals surface area (Å²) in [7, 11) is 1.63. The van der Waals surface area contributed by atoms with Gasteiger partial charge in [0.2, 0.25) is 0 Å². The summed E-state index contributed by atoms with van der Waals surface area (Å²) in [5.74, 6) is 1.55. The molecule has 1 saturated carbocycles. The van der Waals surface area contributed by atoms with Gasteiger partial charge in [0, 0.05) is 31.2 Å². The van der Waals surface area contributed by atoms with E-state index in [1.165, 1.54) is 12.1 Å². The number of aliphatic hydroxyl groups excluding tert-OH is 1. The van der Waals surface area contributed by atoms with Gasteiger partial charge in [-0.15, -0.1) is 10.2 Å². The number of rotatable bonds is 7. The van der Waals surface area contributed by atoms with Crippen LogP contribution in [0.2, 0.25) is 0 Å². The number of benzene rings is 1. The zero-order valence-corrected chi connectivity index (χ0v) is 14.1. The number of nitrogens with one attached hydrogen (secondary N) is 1. The van der Waals surface area contributed by atoms with E-state index in [1.54, 1.807) is 19.2 Å². The fourth-order valence-electron chi connectivity index (χ4n) is 3.02. The van der Waals surface area contributed by atoms with Crippen LogP contribution >= 0.6 is 0 Å². The van der Waals surface area contributed by atoms with Gasteiger partial charge in [-0.2, -0.15) is 0 Å². The summed E-state index contributed by atoms with van der Waals surface area (Å²) in [6, 6.07) is 6.25. The molecule has 1 amide bonds. The number of hydrogen-bond donors (Lipinski definition) is 3. The van der Waals surface area contributed by atoms with E-state index in [0.717, 1.165) is 18.7 Å². The third kappa shape index (κ3) is 3.80. The number of methoxy groups -OCH3 is 1. The smallest absolute Gasteiger partial charge is 0.251 e. The monoisotopic (exact) mass is 346 g/mol. The van der Waals surface area contributed by atoms with Crippen molar-refractivity contribution in [3.8, 4) is 5.75 Å². The average molecular weight is 346 g/mol. The number of ether oxygens (including phenoxy) is 1. The van der Waals surface area contributed by atoms with Crippen LogP contribution in [0.5, 0.6) is 5.75 Å². The van der Waals surface area contributed by atoms with Crippen LogP contribution in [0, 0.1) is 0 Å². The van der Waals surface area contributed by atoms with E-state index in [1.807, 2.05) is 4.57 Å². The molecule has 0 unspecified atom stereocenters. The van der Waals surface area contributed by atoms with Crippen LogP contribution in [-0.4, -0.2) is 50.6 Å².